The summed E-state index contributed by atoms with van der Waals surface area (Å²) in [6, 6.07) is 13.8. The number of hydrazine groups is 1. The summed E-state index contributed by atoms with van der Waals surface area (Å²) < 4.78 is 24.7. The minimum Gasteiger partial charge on any atom is -0.283 e. The van der Waals surface area contributed by atoms with E-state index >= 15 is 0 Å². The smallest absolute Gasteiger partial charge is 0.266 e. The fraction of sp³-hybridized carbons (Fsp3) is 0.150. The molecule has 0 atom stereocenters. The van der Waals surface area contributed by atoms with E-state index in [1.807, 2.05) is 42.9 Å². The number of amides is 2. The van der Waals surface area contributed by atoms with Crippen LogP contribution in [0.4, 0.5) is 0 Å². The second kappa shape index (κ2) is 9.09. The molecule has 0 aromatic heterocycles. The second-order valence-electron chi connectivity index (χ2n) is 6.65. The van der Waals surface area contributed by atoms with Gasteiger partial charge in [-0.1, -0.05) is 71.5 Å². The molecule has 0 aliphatic carbocycles. The van der Waals surface area contributed by atoms with Gasteiger partial charge in [0.1, 0.15) is 10.9 Å². The number of thiocarbonyl (C=S) groups is 1. The summed E-state index contributed by atoms with van der Waals surface area (Å²) in [6.07, 6.45) is 1.71. The number of thioether (sulfide) groups is 1. The maximum absolute atomic E-state index is 12.6. The number of carbonyl (C=O) groups excluding carboxylic acids is 2. The summed E-state index contributed by atoms with van der Waals surface area (Å²) >= 11 is 6.30. The van der Waals surface area contributed by atoms with Gasteiger partial charge in [0.05, 0.1) is 9.80 Å². The molecule has 0 unspecified atom stereocenters. The zero-order valence-corrected chi connectivity index (χ0v) is 18.7. The van der Waals surface area contributed by atoms with Gasteiger partial charge in [0, 0.05) is 0 Å². The van der Waals surface area contributed by atoms with E-state index in [2.05, 4.69) is 5.43 Å². The zero-order chi connectivity index (χ0) is 21.9. The molecule has 1 heterocycles. The highest BCUT2D eigenvalue weighted by atomic mass is 32.2. The van der Waals surface area contributed by atoms with Gasteiger partial charge in [-0.3, -0.25) is 19.9 Å². The number of carbonyl (C=O) groups is 2. The largest absolute Gasteiger partial charge is 0.283 e. The average Bonchev–Trinajstić information content (AvgIpc) is 2.96. The maximum Gasteiger partial charge on any atom is 0.266 e. The van der Waals surface area contributed by atoms with E-state index < -0.39 is 28.4 Å². The van der Waals surface area contributed by atoms with Crippen molar-refractivity contribution in [3.05, 3.63) is 70.1 Å². The van der Waals surface area contributed by atoms with Crippen LogP contribution in [0.5, 0.6) is 0 Å². The van der Waals surface area contributed by atoms with Gasteiger partial charge in [-0.2, -0.15) is 0 Å². The fourth-order valence-corrected chi connectivity index (χ4v) is 4.65. The van der Waals surface area contributed by atoms with E-state index in [1.165, 1.54) is 12.1 Å². The average molecular weight is 462 g/mol. The van der Waals surface area contributed by atoms with Crippen molar-refractivity contribution in [3.8, 4) is 0 Å². The highest BCUT2D eigenvalue weighted by Gasteiger charge is 2.33. The van der Waals surface area contributed by atoms with Crippen LogP contribution in [-0.4, -0.2) is 36.0 Å². The van der Waals surface area contributed by atoms with E-state index in [0.717, 1.165) is 33.4 Å². The van der Waals surface area contributed by atoms with Crippen molar-refractivity contribution in [2.24, 2.45) is 0 Å². The number of aryl methyl sites for hydroxylation is 2. The van der Waals surface area contributed by atoms with Crippen LogP contribution in [0.2, 0.25) is 0 Å². The molecule has 0 radical (unpaired) electrons. The zero-order valence-electron chi connectivity index (χ0n) is 16.2. The van der Waals surface area contributed by atoms with Crippen LogP contribution in [-0.2, 0) is 19.6 Å². The molecule has 2 aromatic rings. The van der Waals surface area contributed by atoms with Crippen molar-refractivity contribution < 1.29 is 18.0 Å². The summed E-state index contributed by atoms with van der Waals surface area (Å²) in [6.45, 7) is 3.41. The summed E-state index contributed by atoms with van der Waals surface area (Å²) in [4.78, 5) is 28.4. The Bertz CT molecular complexity index is 1120. The normalized spacial score (nSPS) is 15.7. The Morgan fingerprint density at radius 2 is 1.63 bits per heavy atom. The van der Waals surface area contributed by atoms with Crippen molar-refractivity contribution in [1.29, 1.82) is 0 Å². The number of nitrogens with one attached hydrogen (secondary N) is 2. The van der Waals surface area contributed by atoms with Crippen molar-refractivity contribution in [1.82, 2.24) is 15.2 Å². The van der Waals surface area contributed by atoms with E-state index in [4.69, 9.17) is 12.2 Å². The Kier molecular flexibility index (Phi) is 6.71. The molecule has 1 fully saturated rings. The first-order valence-corrected chi connectivity index (χ1v) is 11.6. The van der Waals surface area contributed by atoms with Crippen LogP contribution in [0.1, 0.15) is 16.7 Å². The van der Waals surface area contributed by atoms with Crippen molar-refractivity contribution in [2.75, 3.05) is 6.54 Å². The van der Waals surface area contributed by atoms with Crippen LogP contribution in [0.15, 0.2) is 58.3 Å². The molecule has 156 valence electrons. The molecule has 2 amide bonds. The van der Waals surface area contributed by atoms with Gasteiger partial charge in [0.25, 0.3) is 21.8 Å². The lowest BCUT2D eigenvalue weighted by Gasteiger charge is -2.14. The summed E-state index contributed by atoms with van der Waals surface area (Å²) in [7, 11) is -3.92. The Morgan fingerprint density at radius 3 is 2.23 bits per heavy atom. The highest BCUT2D eigenvalue weighted by molar-refractivity contribution is 8.26. The minimum atomic E-state index is -3.92. The molecular weight excluding hydrogens is 442 g/mol. The van der Waals surface area contributed by atoms with Gasteiger partial charge in [0.15, 0.2) is 0 Å². The monoisotopic (exact) mass is 461 g/mol. The van der Waals surface area contributed by atoms with Crippen molar-refractivity contribution in [2.45, 2.75) is 18.7 Å². The molecular formula is C20H19N3O4S3. The van der Waals surface area contributed by atoms with Crippen LogP contribution in [0.3, 0.4) is 0 Å². The molecule has 1 aliphatic rings. The molecule has 1 aliphatic heterocycles. The molecule has 0 saturated carbocycles. The Balaban J connectivity index is 1.62. The SMILES string of the molecule is Cc1ccc(C=C2SC(=S)N(CC(=O)NNS(=O)(=O)c3ccc(C)cc3)C2=O)cc1. The predicted molar refractivity (Wildman–Crippen MR) is 121 cm³/mol. The van der Waals surface area contributed by atoms with Gasteiger partial charge in [-0.25, -0.2) is 8.42 Å². The number of rotatable bonds is 6. The Morgan fingerprint density at radius 1 is 1.07 bits per heavy atom. The van der Waals surface area contributed by atoms with E-state index in [-0.39, 0.29) is 9.22 Å². The lowest BCUT2D eigenvalue weighted by Crippen LogP contribution is -2.47. The molecule has 2 aromatic carbocycles. The van der Waals surface area contributed by atoms with Crippen LogP contribution in [0.25, 0.3) is 6.08 Å². The van der Waals surface area contributed by atoms with Crippen molar-refractivity contribution >= 4 is 56.2 Å². The first-order valence-electron chi connectivity index (χ1n) is 8.85. The number of hydrogen-bond donors (Lipinski definition) is 2. The van der Waals surface area contributed by atoms with E-state index in [0.29, 0.717) is 4.91 Å². The van der Waals surface area contributed by atoms with E-state index in [9.17, 15) is 18.0 Å². The maximum atomic E-state index is 12.6. The standard InChI is InChI=1S/C20H19N3O4S3/c1-13-3-7-15(8-4-13)11-17-19(25)23(20(28)29-17)12-18(24)21-22-30(26,27)16-9-5-14(2)6-10-16/h3-11,22H,12H2,1-2H3,(H,21,24). The molecule has 10 heteroatoms. The second-order valence-corrected chi connectivity index (χ2v) is 10.0. The Hall–Kier alpha value is -2.53. The lowest BCUT2D eigenvalue weighted by atomic mass is 10.1. The number of nitrogens with zero attached hydrogens (tertiary/aromatic N) is 1. The third-order valence-electron chi connectivity index (χ3n) is 4.21. The first kappa shape index (κ1) is 22.2. The minimum absolute atomic E-state index is 0.0139. The van der Waals surface area contributed by atoms with Crippen LogP contribution < -0.4 is 10.3 Å². The Labute approximate surface area is 184 Å². The van der Waals surface area contributed by atoms with Gasteiger partial charge in [0.2, 0.25) is 0 Å². The number of hydrogen-bond acceptors (Lipinski definition) is 6. The van der Waals surface area contributed by atoms with Crippen LogP contribution >= 0.6 is 24.0 Å². The molecule has 3 rings (SSSR count). The molecule has 1 saturated heterocycles. The molecule has 30 heavy (non-hydrogen) atoms. The molecule has 7 nitrogen and oxygen atoms in total. The van der Waals surface area contributed by atoms with Gasteiger partial charge in [-0.15, -0.1) is 4.83 Å². The summed E-state index contributed by atoms with van der Waals surface area (Å²) in [5.74, 6) is -1.11. The molecule has 2 N–H and O–H groups in total. The van der Waals surface area contributed by atoms with Gasteiger partial charge >= 0.3 is 0 Å². The third-order valence-corrected chi connectivity index (χ3v) is 6.85. The highest BCUT2D eigenvalue weighted by Crippen LogP contribution is 2.32. The topological polar surface area (TPSA) is 95.6 Å². The molecule has 0 bridgehead atoms. The first-order chi connectivity index (χ1) is 14.2. The lowest BCUT2D eigenvalue weighted by molar-refractivity contribution is -0.128. The predicted octanol–water partition coefficient (Wildman–Crippen LogP) is 2.51. The van der Waals surface area contributed by atoms with Crippen molar-refractivity contribution in [3.63, 3.8) is 0 Å². The van der Waals surface area contributed by atoms with Crippen LogP contribution in [0, 0.1) is 13.8 Å². The van der Waals surface area contributed by atoms with Gasteiger partial charge in [-0.05, 0) is 37.6 Å². The number of sulfonamides is 1. The van der Waals surface area contributed by atoms with Gasteiger partial charge < -0.3 is 0 Å². The molecule has 0 spiro atoms. The summed E-state index contributed by atoms with van der Waals surface area (Å²) in [5.41, 5.74) is 4.97. The fourth-order valence-electron chi connectivity index (χ4n) is 2.53. The van der Waals surface area contributed by atoms with E-state index in [1.54, 1.807) is 18.2 Å². The number of benzene rings is 2. The summed E-state index contributed by atoms with van der Waals surface area (Å²) in [5, 5.41) is 0. The third kappa shape index (κ3) is 5.33. The quantitative estimate of drug-likeness (QED) is 0.390.